The van der Waals surface area contributed by atoms with Gasteiger partial charge < -0.3 is 5.32 Å². The Balaban J connectivity index is 2.16. The summed E-state index contributed by atoms with van der Waals surface area (Å²) in [4.78, 5) is 0. The second-order valence-electron chi connectivity index (χ2n) is 4.53. The maximum absolute atomic E-state index is 9.11. The lowest BCUT2D eigenvalue weighted by Crippen LogP contribution is -2.16. The molecule has 2 rings (SSSR count). The first-order valence-corrected chi connectivity index (χ1v) is 6.45. The van der Waals surface area contributed by atoms with E-state index in [1.54, 1.807) is 0 Å². The Morgan fingerprint density at radius 2 is 2.25 bits per heavy atom. The number of hydrogen-bond acceptors (Lipinski definition) is 2. The smallest absolute Gasteiger partial charge is 0.103 e. The zero-order chi connectivity index (χ0) is 11.5. The third kappa shape index (κ3) is 2.38. The topological polar surface area (TPSA) is 35.8 Å². The molecule has 0 spiro atoms. The van der Waals surface area contributed by atoms with Crippen LogP contribution in [0.5, 0.6) is 0 Å². The number of anilines is 1. The van der Waals surface area contributed by atoms with Crippen LogP contribution in [0.15, 0.2) is 22.7 Å². The Labute approximate surface area is 105 Å². The van der Waals surface area contributed by atoms with Gasteiger partial charge in [0.2, 0.25) is 0 Å². The molecule has 1 aliphatic rings. The molecule has 84 valence electrons. The number of nitrogens with one attached hydrogen (secondary N) is 1. The molecule has 0 aromatic heterocycles. The minimum atomic E-state index is 0.524. The average Bonchev–Trinajstić information content (AvgIpc) is 2.64. The maximum atomic E-state index is 9.11. The van der Waals surface area contributed by atoms with Gasteiger partial charge in [-0.15, -0.1) is 0 Å². The van der Waals surface area contributed by atoms with Gasteiger partial charge in [-0.25, -0.2) is 0 Å². The molecule has 2 atom stereocenters. The Morgan fingerprint density at radius 3 is 2.88 bits per heavy atom. The van der Waals surface area contributed by atoms with E-state index in [0.717, 1.165) is 16.1 Å². The van der Waals surface area contributed by atoms with E-state index in [4.69, 9.17) is 5.26 Å². The number of benzene rings is 1. The molecule has 16 heavy (non-hydrogen) atoms. The molecule has 1 aromatic carbocycles. The second-order valence-corrected chi connectivity index (χ2v) is 5.39. The molecule has 0 saturated heterocycles. The quantitative estimate of drug-likeness (QED) is 0.890. The second kappa shape index (κ2) is 4.88. The highest BCUT2D eigenvalue weighted by atomic mass is 79.9. The Hall–Kier alpha value is -1.01. The SMILES string of the molecule is CC1CCC(Nc2cccc(Br)c2C#N)C1. The van der Waals surface area contributed by atoms with Crippen LogP contribution < -0.4 is 5.32 Å². The standard InChI is InChI=1S/C13H15BrN2/c1-9-5-6-10(7-9)16-13-4-2-3-12(14)11(13)8-15/h2-4,9-10,16H,5-7H2,1H3. The summed E-state index contributed by atoms with van der Waals surface area (Å²) < 4.78 is 0.867. The van der Waals surface area contributed by atoms with E-state index in [1.165, 1.54) is 19.3 Å². The van der Waals surface area contributed by atoms with Crippen molar-refractivity contribution in [1.82, 2.24) is 0 Å². The normalized spacial score (nSPS) is 24.1. The summed E-state index contributed by atoms with van der Waals surface area (Å²) in [5, 5.41) is 12.6. The Morgan fingerprint density at radius 1 is 1.44 bits per heavy atom. The molecule has 0 heterocycles. The van der Waals surface area contributed by atoms with E-state index in [-0.39, 0.29) is 0 Å². The van der Waals surface area contributed by atoms with Crippen molar-refractivity contribution in [3.05, 3.63) is 28.2 Å². The minimum absolute atomic E-state index is 0.524. The monoisotopic (exact) mass is 278 g/mol. The number of nitriles is 1. The average molecular weight is 279 g/mol. The lowest BCUT2D eigenvalue weighted by molar-refractivity contribution is 0.602. The number of nitrogens with zero attached hydrogens (tertiary/aromatic N) is 1. The van der Waals surface area contributed by atoms with Gasteiger partial charge in [0, 0.05) is 10.5 Å². The van der Waals surface area contributed by atoms with Crippen LogP contribution in [0.1, 0.15) is 31.7 Å². The van der Waals surface area contributed by atoms with E-state index in [1.807, 2.05) is 18.2 Å². The number of hydrogen-bond donors (Lipinski definition) is 1. The maximum Gasteiger partial charge on any atom is 0.103 e. The molecule has 0 aliphatic heterocycles. The summed E-state index contributed by atoms with van der Waals surface area (Å²) in [6.45, 7) is 2.29. The first-order chi connectivity index (χ1) is 7.70. The van der Waals surface area contributed by atoms with Gasteiger partial charge in [0.15, 0.2) is 0 Å². The first kappa shape index (κ1) is 11.5. The van der Waals surface area contributed by atoms with Crippen molar-refractivity contribution < 1.29 is 0 Å². The fraction of sp³-hybridized carbons (Fsp3) is 0.462. The molecule has 1 aromatic rings. The molecule has 1 aliphatic carbocycles. The first-order valence-electron chi connectivity index (χ1n) is 5.66. The summed E-state index contributed by atoms with van der Waals surface area (Å²) in [5.74, 6) is 0.801. The number of rotatable bonds is 2. The van der Waals surface area contributed by atoms with Crippen molar-refractivity contribution in [2.24, 2.45) is 5.92 Å². The van der Waals surface area contributed by atoms with E-state index >= 15 is 0 Å². The van der Waals surface area contributed by atoms with Gasteiger partial charge in [-0.2, -0.15) is 5.26 Å². The van der Waals surface area contributed by atoms with Gasteiger partial charge in [-0.3, -0.25) is 0 Å². The van der Waals surface area contributed by atoms with E-state index in [2.05, 4.69) is 34.2 Å². The molecule has 2 unspecified atom stereocenters. The highest BCUT2D eigenvalue weighted by Crippen LogP contribution is 2.30. The zero-order valence-electron chi connectivity index (χ0n) is 9.33. The van der Waals surface area contributed by atoms with Gasteiger partial charge in [0.05, 0.1) is 11.3 Å². The van der Waals surface area contributed by atoms with Crippen molar-refractivity contribution in [1.29, 1.82) is 5.26 Å². The predicted molar refractivity (Wildman–Crippen MR) is 69.3 cm³/mol. The molecule has 0 amide bonds. The van der Waals surface area contributed by atoms with Crippen LogP contribution in [0, 0.1) is 17.2 Å². The molecule has 0 radical (unpaired) electrons. The third-order valence-corrected chi connectivity index (χ3v) is 3.84. The van der Waals surface area contributed by atoms with Crippen molar-refractivity contribution in [2.75, 3.05) is 5.32 Å². The van der Waals surface area contributed by atoms with E-state index < -0.39 is 0 Å². The van der Waals surface area contributed by atoms with Gasteiger partial charge in [0.1, 0.15) is 6.07 Å². The largest absolute Gasteiger partial charge is 0.381 e. The molecule has 1 N–H and O–H groups in total. The number of halogens is 1. The van der Waals surface area contributed by atoms with Crippen molar-refractivity contribution >= 4 is 21.6 Å². The third-order valence-electron chi connectivity index (χ3n) is 3.18. The molecule has 2 nitrogen and oxygen atoms in total. The van der Waals surface area contributed by atoms with Crippen molar-refractivity contribution in [3.63, 3.8) is 0 Å². The molecule has 1 fully saturated rings. The van der Waals surface area contributed by atoms with E-state index in [9.17, 15) is 0 Å². The Kier molecular flexibility index (Phi) is 3.50. The summed E-state index contributed by atoms with van der Waals surface area (Å²) in [6.07, 6.45) is 3.70. The van der Waals surface area contributed by atoms with Gasteiger partial charge in [-0.05, 0) is 53.2 Å². The van der Waals surface area contributed by atoms with Crippen molar-refractivity contribution in [2.45, 2.75) is 32.2 Å². The van der Waals surface area contributed by atoms with Gasteiger partial charge >= 0.3 is 0 Å². The van der Waals surface area contributed by atoms with Crippen LogP contribution in [-0.2, 0) is 0 Å². The highest BCUT2D eigenvalue weighted by Gasteiger charge is 2.21. The van der Waals surface area contributed by atoms with Gasteiger partial charge in [-0.1, -0.05) is 13.0 Å². The summed E-state index contributed by atoms with van der Waals surface area (Å²) >= 11 is 3.41. The Bertz CT molecular complexity index is 422. The molecule has 3 heteroatoms. The van der Waals surface area contributed by atoms with Gasteiger partial charge in [0.25, 0.3) is 0 Å². The van der Waals surface area contributed by atoms with Crippen LogP contribution in [-0.4, -0.2) is 6.04 Å². The van der Waals surface area contributed by atoms with Crippen LogP contribution >= 0.6 is 15.9 Å². The van der Waals surface area contributed by atoms with Crippen molar-refractivity contribution in [3.8, 4) is 6.07 Å². The molecule has 0 bridgehead atoms. The van der Waals surface area contributed by atoms with Crippen LogP contribution in [0.4, 0.5) is 5.69 Å². The summed E-state index contributed by atoms with van der Waals surface area (Å²) in [7, 11) is 0. The van der Waals surface area contributed by atoms with E-state index in [0.29, 0.717) is 11.6 Å². The van der Waals surface area contributed by atoms with Crippen LogP contribution in [0.2, 0.25) is 0 Å². The lowest BCUT2D eigenvalue weighted by Gasteiger charge is -2.15. The van der Waals surface area contributed by atoms with Crippen LogP contribution in [0.25, 0.3) is 0 Å². The summed E-state index contributed by atoms with van der Waals surface area (Å²) in [5.41, 5.74) is 1.66. The fourth-order valence-corrected chi connectivity index (χ4v) is 2.77. The summed E-state index contributed by atoms with van der Waals surface area (Å²) in [6, 6.07) is 8.61. The predicted octanol–water partition coefficient (Wildman–Crippen LogP) is 3.92. The molecule has 1 saturated carbocycles. The zero-order valence-corrected chi connectivity index (χ0v) is 10.9. The molecular weight excluding hydrogens is 264 g/mol. The molecular formula is C13H15BrN2. The van der Waals surface area contributed by atoms with Crippen LogP contribution in [0.3, 0.4) is 0 Å². The minimum Gasteiger partial charge on any atom is -0.381 e. The highest BCUT2D eigenvalue weighted by molar-refractivity contribution is 9.10. The fourth-order valence-electron chi connectivity index (χ4n) is 2.32. The lowest BCUT2D eigenvalue weighted by atomic mass is 10.1.